The van der Waals surface area contributed by atoms with Crippen LogP contribution in [0.4, 0.5) is 0 Å². The summed E-state index contributed by atoms with van der Waals surface area (Å²) in [5, 5.41) is 22.0. The largest absolute Gasteiger partial charge is 0.391 e. The molecule has 12 heavy (non-hydrogen) atoms. The van der Waals surface area contributed by atoms with Gasteiger partial charge in [-0.15, -0.1) is 0 Å². The first-order valence-electron chi connectivity index (χ1n) is 4.49. The second-order valence-electron chi connectivity index (χ2n) is 3.22. The van der Waals surface area contributed by atoms with Gasteiger partial charge in [-0.1, -0.05) is 19.1 Å². The fourth-order valence-corrected chi connectivity index (χ4v) is 1.45. The van der Waals surface area contributed by atoms with E-state index in [9.17, 15) is 10.2 Å². The normalized spacial score (nSPS) is 32.9. The molecule has 3 nitrogen and oxygen atoms in total. The first-order chi connectivity index (χ1) is 5.75. The van der Waals surface area contributed by atoms with E-state index in [-0.39, 0.29) is 5.92 Å². The van der Waals surface area contributed by atoms with E-state index in [4.69, 9.17) is 0 Å². The molecular weight excluding hydrogens is 154 g/mol. The zero-order valence-corrected chi connectivity index (χ0v) is 7.40. The van der Waals surface area contributed by atoms with Crippen LogP contribution in [0.5, 0.6) is 0 Å². The molecule has 1 rings (SSSR count). The summed E-state index contributed by atoms with van der Waals surface area (Å²) in [6.45, 7) is 3.32. The highest BCUT2D eigenvalue weighted by atomic mass is 16.3. The third-order valence-electron chi connectivity index (χ3n) is 2.24. The van der Waals surface area contributed by atoms with Crippen molar-refractivity contribution in [3.8, 4) is 0 Å². The van der Waals surface area contributed by atoms with E-state index in [1.165, 1.54) is 0 Å². The highest BCUT2D eigenvalue weighted by Gasteiger charge is 2.29. The van der Waals surface area contributed by atoms with Crippen molar-refractivity contribution in [1.82, 2.24) is 5.32 Å². The van der Waals surface area contributed by atoms with Crippen LogP contribution in [0, 0.1) is 5.92 Å². The third-order valence-corrected chi connectivity index (χ3v) is 2.24. The van der Waals surface area contributed by atoms with Crippen molar-refractivity contribution >= 4 is 0 Å². The number of hydrogen-bond acceptors (Lipinski definition) is 3. The van der Waals surface area contributed by atoms with E-state index in [1.54, 1.807) is 6.08 Å². The zero-order chi connectivity index (χ0) is 8.97. The highest BCUT2D eigenvalue weighted by Crippen LogP contribution is 2.14. The Kier molecular flexibility index (Phi) is 3.72. The van der Waals surface area contributed by atoms with Crippen LogP contribution in [0.2, 0.25) is 0 Å². The summed E-state index contributed by atoms with van der Waals surface area (Å²) in [5.41, 5.74) is 0. The fraction of sp³-hybridized carbons (Fsp3) is 0.778. The maximum atomic E-state index is 9.56. The summed E-state index contributed by atoms with van der Waals surface area (Å²) >= 11 is 0. The summed E-state index contributed by atoms with van der Waals surface area (Å²) in [4.78, 5) is 0. The van der Waals surface area contributed by atoms with Gasteiger partial charge in [-0.3, -0.25) is 0 Å². The van der Waals surface area contributed by atoms with Crippen molar-refractivity contribution in [2.45, 2.75) is 25.6 Å². The first-order valence-corrected chi connectivity index (χ1v) is 4.49. The minimum Gasteiger partial charge on any atom is -0.391 e. The third kappa shape index (κ3) is 2.30. The van der Waals surface area contributed by atoms with Gasteiger partial charge in [0, 0.05) is 19.0 Å². The molecule has 70 valence electrons. The second kappa shape index (κ2) is 4.60. The predicted molar refractivity (Wildman–Crippen MR) is 47.8 cm³/mol. The number of aliphatic hydroxyl groups is 2. The molecule has 3 atom stereocenters. The van der Waals surface area contributed by atoms with Crippen molar-refractivity contribution in [2.75, 3.05) is 13.1 Å². The number of hydrogen-bond donors (Lipinski definition) is 3. The molecule has 3 heteroatoms. The molecule has 0 amide bonds. The molecule has 0 aromatic rings. The van der Waals surface area contributed by atoms with Gasteiger partial charge >= 0.3 is 0 Å². The number of nitrogens with one attached hydrogen (secondary N) is 1. The maximum absolute atomic E-state index is 9.56. The van der Waals surface area contributed by atoms with Gasteiger partial charge in [0.2, 0.25) is 0 Å². The Morgan fingerprint density at radius 3 is 2.83 bits per heavy atom. The quantitative estimate of drug-likeness (QED) is 0.519. The lowest BCUT2D eigenvalue weighted by Gasteiger charge is -2.16. The predicted octanol–water partition coefficient (Wildman–Crippen LogP) is -0.106. The Labute approximate surface area is 73.1 Å². The van der Waals surface area contributed by atoms with E-state index >= 15 is 0 Å². The van der Waals surface area contributed by atoms with Crippen molar-refractivity contribution in [1.29, 1.82) is 0 Å². The lowest BCUT2D eigenvalue weighted by molar-refractivity contribution is 0.0681. The van der Waals surface area contributed by atoms with Gasteiger partial charge in [0.25, 0.3) is 0 Å². The molecule has 1 fully saturated rings. The minimum absolute atomic E-state index is 0.0344. The summed E-state index contributed by atoms with van der Waals surface area (Å²) in [6, 6.07) is 0. The molecule has 0 spiro atoms. The Morgan fingerprint density at radius 1 is 1.58 bits per heavy atom. The van der Waals surface area contributed by atoms with E-state index in [2.05, 4.69) is 5.32 Å². The number of allylic oxidation sites excluding steroid dienone is 1. The van der Waals surface area contributed by atoms with Crippen molar-refractivity contribution in [3.05, 3.63) is 12.2 Å². The van der Waals surface area contributed by atoms with Crippen molar-refractivity contribution in [3.63, 3.8) is 0 Å². The Bertz CT molecular complexity index is 159. The number of β-amino-alcohol motifs (C(OH)–C–C–N with tert-alkyl or cyclic N) is 1. The molecule has 0 bridgehead atoms. The molecule has 1 heterocycles. The first kappa shape index (κ1) is 9.71. The fourth-order valence-electron chi connectivity index (χ4n) is 1.45. The van der Waals surface area contributed by atoms with Gasteiger partial charge in [0.15, 0.2) is 0 Å². The standard InChI is InChI=1S/C9H17NO2/c1-2-3-4-8(11)7-5-10-6-9(7)12/h3-4,7-12H,2,5-6H2,1H3. The molecular formula is C9H17NO2. The molecule has 1 aliphatic heterocycles. The zero-order valence-electron chi connectivity index (χ0n) is 7.40. The van der Waals surface area contributed by atoms with Crippen LogP contribution >= 0.6 is 0 Å². The lowest BCUT2D eigenvalue weighted by atomic mass is 9.99. The van der Waals surface area contributed by atoms with E-state index in [0.29, 0.717) is 13.1 Å². The molecule has 3 unspecified atom stereocenters. The van der Waals surface area contributed by atoms with E-state index in [1.807, 2.05) is 13.0 Å². The van der Waals surface area contributed by atoms with Gasteiger partial charge in [-0.05, 0) is 6.42 Å². The molecule has 0 saturated carbocycles. The molecule has 1 aliphatic rings. The minimum atomic E-state index is -0.505. The molecule has 1 saturated heterocycles. The summed E-state index contributed by atoms with van der Waals surface area (Å²) in [5.74, 6) is -0.0344. The molecule has 0 radical (unpaired) electrons. The molecule has 0 aromatic heterocycles. The lowest BCUT2D eigenvalue weighted by Crippen LogP contribution is -2.28. The topological polar surface area (TPSA) is 52.5 Å². The van der Waals surface area contributed by atoms with Crippen LogP contribution in [0.15, 0.2) is 12.2 Å². The molecule has 3 N–H and O–H groups in total. The number of rotatable bonds is 3. The van der Waals surface area contributed by atoms with Gasteiger partial charge in [0.05, 0.1) is 12.2 Å². The van der Waals surface area contributed by atoms with Crippen molar-refractivity contribution < 1.29 is 10.2 Å². The average Bonchev–Trinajstić information content (AvgIpc) is 2.47. The monoisotopic (exact) mass is 171 g/mol. The van der Waals surface area contributed by atoms with Gasteiger partial charge in [-0.25, -0.2) is 0 Å². The van der Waals surface area contributed by atoms with Crippen LogP contribution in [0.1, 0.15) is 13.3 Å². The summed E-state index contributed by atoms with van der Waals surface area (Å²) in [6.07, 6.45) is 3.71. The van der Waals surface area contributed by atoms with Crippen LogP contribution in [-0.2, 0) is 0 Å². The van der Waals surface area contributed by atoms with Crippen molar-refractivity contribution in [2.24, 2.45) is 5.92 Å². The van der Waals surface area contributed by atoms with Gasteiger partial charge in [0.1, 0.15) is 0 Å². The Balaban J connectivity index is 2.40. The van der Waals surface area contributed by atoms with E-state index in [0.717, 1.165) is 6.42 Å². The molecule has 0 aliphatic carbocycles. The average molecular weight is 171 g/mol. The Hall–Kier alpha value is -0.380. The molecule has 0 aromatic carbocycles. The summed E-state index contributed by atoms with van der Waals surface area (Å²) < 4.78 is 0. The van der Waals surface area contributed by atoms with Crippen LogP contribution in [0.3, 0.4) is 0 Å². The van der Waals surface area contributed by atoms with Crippen LogP contribution in [-0.4, -0.2) is 35.5 Å². The summed E-state index contributed by atoms with van der Waals surface area (Å²) in [7, 11) is 0. The smallest absolute Gasteiger partial charge is 0.0786 e. The SMILES string of the molecule is CCC=CC(O)C1CNCC1O. The van der Waals surface area contributed by atoms with Gasteiger partial charge in [-0.2, -0.15) is 0 Å². The van der Waals surface area contributed by atoms with Crippen LogP contribution < -0.4 is 5.32 Å². The van der Waals surface area contributed by atoms with E-state index < -0.39 is 12.2 Å². The van der Waals surface area contributed by atoms with Gasteiger partial charge < -0.3 is 15.5 Å². The maximum Gasteiger partial charge on any atom is 0.0786 e. The highest BCUT2D eigenvalue weighted by molar-refractivity contribution is 4.97. The Morgan fingerprint density at radius 2 is 2.33 bits per heavy atom. The van der Waals surface area contributed by atoms with Crippen LogP contribution in [0.25, 0.3) is 0 Å². The number of aliphatic hydroxyl groups excluding tert-OH is 2. The second-order valence-corrected chi connectivity index (χ2v) is 3.22.